The van der Waals surface area contributed by atoms with Crippen molar-refractivity contribution in [1.29, 1.82) is 5.26 Å². The molecule has 1 N–H and O–H groups in total. The number of esters is 1. The van der Waals surface area contributed by atoms with Crippen molar-refractivity contribution in [2.75, 3.05) is 11.9 Å². The molecule has 0 bridgehead atoms. The van der Waals surface area contributed by atoms with Gasteiger partial charge in [-0.2, -0.15) is 5.26 Å². The van der Waals surface area contributed by atoms with Crippen LogP contribution >= 0.6 is 34.8 Å². The topological polar surface area (TPSA) is 84.1 Å². The summed E-state index contributed by atoms with van der Waals surface area (Å²) in [5, 5.41) is 12.5. The predicted octanol–water partition coefficient (Wildman–Crippen LogP) is 5.81. The van der Waals surface area contributed by atoms with Crippen molar-refractivity contribution in [2.24, 2.45) is 5.92 Å². The van der Waals surface area contributed by atoms with E-state index in [9.17, 15) is 14.9 Å². The van der Waals surface area contributed by atoms with E-state index in [2.05, 4.69) is 23.7 Å². The molecule has 0 aliphatic rings. The van der Waals surface area contributed by atoms with Crippen LogP contribution in [0.2, 0.25) is 15.1 Å². The average molecular weight is 483 g/mol. The van der Waals surface area contributed by atoms with Crippen LogP contribution in [0.3, 0.4) is 0 Å². The Morgan fingerprint density at radius 2 is 1.81 bits per heavy atom. The fraction of sp³-hybridized carbons (Fsp3) is 0.318. The maximum atomic E-state index is 12.3. The van der Waals surface area contributed by atoms with Crippen LogP contribution in [0, 0.1) is 31.1 Å². The van der Waals surface area contributed by atoms with E-state index in [1.54, 1.807) is 0 Å². The van der Waals surface area contributed by atoms with E-state index in [0.29, 0.717) is 5.92 Å². The first-order valence-corrected chi connectivity index (χ1v) is 10.6. The highest BCUT2D eigenvalue weighted by Crippen LogP contribution is 2.32. The molecule has 1 amide bonds. The molecule has 0 fully saturated rings. The normalized spacial score (nSPS) is 11.4. The van der Waals surface area contributed by atoms with Gasteiger partial charge in [-0.05, 0) is 49.6 Å². The monoisotopic (exact) mass is 481 g/mol. The maximum Gasteiger partial charge on any atom is 0.349 e. The predicted molar refractivity (Wildman–Crippen MR) is 123 cm³/mol. The third kappa shape index (κ3) is 6.51. The number of ether oxygens (including phenoxy) is 1. The van der Waals surface area contributed by atoms with Crippen molar-refractivity contribution in [3.8, 4) is 6.07 Å². The fourth-order valence-electron chi connectivity index (χ4n) is 2.93. The zero-order valence-electron chi connectivity index (χ0n) is 17.6. The molecule has 2 aromatic rings. The number of carbonyl (C=O) groups is 2. The molecular weight excluding hydrogens is 461 g/mol. The third-order valence-corrected chi connectivity index (χ3v) is 5.45. The Morgan fingerprint density at radius 1 is 1.16 bits per heavy atom. The van der Waals surface area contributed by atoms with Gasteiger partial charge in [0.05, 0.1) is 20.8 Å². The van der Waals surface area contributed by atoms with Crippen LogP contribution in [0.25, 0.3) is 6.08 Å². The van der Waals surface area contributed by atoms with Gasteiger partial charge in [-0.3, -0.25) is 4.79 Å². The van der Waals surface area contributed by atoms with Crippen LogP contribution in [0.5, 0.6) is 0 Å². The van der Waals surface area contributed by atoms with Crippen LogP contribution in [0.1, 0.15) is 30.8 Å². The highest BCUT2D eigenvalue weighted by Gasteiger charge is 2.17. The molecule has 0 spiro atoms. The van der Waals surface area contributed by atoms with Crippen molar-refractivity contribution in [2.45, 2.75) is 34.2 Å². The summed E-state index contributed by atoms with van der Waals surface area (Å²) in [7, 11) is 0. The number of halogens is 3. The minimum absolute atomic E-state index is 0.184. The molecule has 0 aliphatic carbocycles. The molecule has 0 aliphatic heterocycles. The first kappa shape index (κ1) is 24.8. The van der Waals surface area contributed by atoms with E-state index in [1.807, 2.05) is 26.0 Å². The van der Waals surface area contributed by atoms with E-state index >= 15 is 0 Å². The highest BCUT2D eigenvalue weighted by molar-refractivity contribution is 6.44. The summed E-state index contributed by atoms with van der Waals surface area (Å²) in [6.07, 6.45) is 1.47. The zero-order valence-corrected chi connectivity index (χ0v) is 19.8. The zero-order chi connectivity index (χ0) is 23.3. The Hall–Kier alpha value is -2.46. The van der Waals surface area contributed by atoms with Crippen LogP contribution in [0.15, 0.2) is 23.8 Å². The minimum Gasteiger partial charge on any atom is -0.451 e. The van der Waals surface area contributed by atoms with Crippen molar-refractivity contribution in [1.82, 2.24) is 4.57 Å². The summed E-state index contributed by atoms with van der Waals surface area (Å²) < 4.78 is 7.12. The molecule has 0 radical (unpaired) electrons. The second kappa shape index (κ2) is 10.7. The maximum absolute atomic E-state index is 12.3. The van der Waals surface area contributed by atoms with Crippen molar-refractivity contribution < 1.29 is 14.3 Å². The second-order valence-corrected chi connectivity index (χ2v) is 8.59. The van der Waals surface area contributed by atoms with Gasteiger partial charge >= 0.3 is 5.97 Å². The van der Waals surface area contributed by atoms with Crippen molar-refractivity contribution >= 4 is 58.4 Å². The van der Waals surface area contributed by atoms with Gasteiger partial charge in [-0.25, -0.2) is 4.79 Å². The van der Waals surface area contributed by atoms with E-state index in [0.717, 1.165) is 23.5 Å². The lowest BCUT2D eigenvalue weighted by Gasteiger charge is -2.12. The lowest BCUT2D eigenvalue weighted by molar-refractivity contribution is -0.142. The molecule has 1 heterocycles. The second-order valence-electron chi connectivity index (χ2n) is 7.37. The number of benzene rings is 1. The fourth-order valence-corrected chi connectivity index (χ4v) is 3.52. The third-order valence-electron chi connectivity index (χ3n) is 4.42. The number of carbonyl (C=O) groups excluding carboxylic acids is 2. The van der Waals surface area contributed by atoms with Gasteiger partial charge in [0.25, 0.3) is 5.91 Å². The molecule has 0 saturated heterocycles. The Morgan fingerprint density at radius 3 is 2.42 bits per heavy atom. The molecule has 31 heavy (non-hydrogen) atoms. The molecule has 0 atom stereocenters. The van der Waals surface area contributed by atoms with Gasteiger partial charge in [0.1, 0.15) is 11.6 Å². The summed E-state index contributed by atoms with van der Waals surface area (Å²) in [5.41, 5.74) is 2.74. The molecule has 6 nitrogen and oxygen atoms in total. The van der Waals surface area contributed by atoms with E-state index < -0.39 is 18.5 Å². The first-order valence-electron chi connectivity index (χ1n) is 9.43. The van der Waals surface area contributed by atoms with Gasteiger partial charge in [0, 0.05) is 17.9 Å². The van der Waals surface area contributed by atoms with E-state index in [-0.39, 0.29) is 26.3 Å². The number of hydrogen-bond donors (Lipinski definition) is 1. The number of rotatable bonds is 7. The average Bonchev–Trinajstić information content (AvgIpc) is 2.95. The number of amides is 1. The Labute approximate surface area is 196 Å². The number of hydrogen-bond acceptors (Lipinski definition) is 4. The molecule has 1 aromatic heterocycles. The highest BCUT2D eigenvalue weighted by atomic mass is 35.5. The first-order chi connectivity index (χ1) is 14.5. The largest absolute Gasteiger partial charge is 0.451 e. The number of nitriles is 1. The number of aromatic nitrogens is 1. The number of nitrogens with zero attached hydrogens (tertiary/aromatic N) is 2. The number of anilines is 1. The Kier molecular flexibility index (Phi) is 8.58. The van der Waals surface area contributed by atoms with Crippen molar-refractivity contribution in [3.63, 3.8) is 0 Å². The standard InChI is InChI=1S/C22H22Cl3N3O3/c1-12(2)10-28-13(3)5-15(14(28)4)6-16(9-26)22(30)31-11-21(29)27-20-8-18(24)17(23)7-19(20)25/h5-8,12H,10-11H2,1-4H3,(H,27,29). The SMILES string of the molecule is Cc1cc(C=C(C#N)C(=O)OCC(=O)Nc2cc(Cl)c(Cl)cc2Cl)c(C)n1CC(C)C. The Bertz CT molecular complexity index is 1080. The van der Waals surface area contributed by atoms with Crippen LogP contribution in [-0.2, 0) is 20.9 Å². The summed E-state index contributed by atoms with van der Waals surface area (Å²) in [6, 6.07) is 6.52. The summed E-state index contributed by atoms with van der Waals surface area (Å²) in [4.78, 5) is 24.4. The van der Waals surface area contributed by atoms with Gasteiger partial charge < -0.3 is 14.6 Å². The molecule has 0 saturated carbocycles. The molecule has 164 valence electrons. The lowest BCUT2D eigenvalue weighted by Crippen LogP contribution is -2.21. The lowest BCUT2D eigenvalue weighted by atomic mass is 10.1. The smallest absolute Gasteiger partial charge is 0.349 e. The minimum atomic E-state index is -0.897. The van der Waals surface area contributed by atoms with E-state index in [4.69, 9.17) is 39.5 Å². The molecular formula is C22H22Cl3N3O3. The van der Waals surface area contributed by atoms with Gasteiger partial charge in [-0.1, -0.05) is 48.7 Å². The Balaban J connectivity index is 2.08. The van der Waals surface area contributed by atoms with Crippen LogP contribution < -0.4 is 5.32 Å². The molecule has 9 heteroatoms. The van der Waals surface area contributed by atoms with Gasteiger partial charge in [0.15, 0.2) is 6.61 Å². The summed E-state index contributed by atoms with van der Waals surface area (Å²) in [5.74, 6) is -1.09. The molecule has 0 unspecified atom stereocenters. The van der Waals surface area contributed by atoms with Gasteiger partial charge in [0.2, 0.25) is 0 Å². The quantitative estimate of drug-likeness (QED) is 0.233. The van der Waals surface area contributed by atoms with Crippen LogP contribution in [0.4, 0.5) is 5.69 Å². The number of nitrogens with one attached hydrogen (secondary N) is 1. The molecule has 2 rings (SSSR count). The van der Waals surface area contributed by atoms with Gasteiger partial charge in [-0.15, -0.1) is 0 Å². The van der Waals surface area contributed by atoms with E-state index in [1.165, 1.54) is 18.2 Å². The summed E-state index contributed by atoms with van der Waals surface area (Å²) in [6.45, 7) is 8.35. The van der Waals surface area contributed by atoms with Crippen molar-refractivity contribution in [3.05, 3.63) is 55.8 Å². The summed E-state index contributed by atoms with van der Waals surface area (Å²) >= 11 is 17.8. The molecule has 1 aromatic carbocycles. The van der Waals surface area contributed by atoms with Crippen LogP contribution in [-0.4, -0.2) is 23.1 Å². The number of aryl methyl sites for hydroxylation is 1.